The van der Waals surface area contributed by atoms with E-state index in [0.29, 0.717) is 5.92 Å². The molecular formula is C24H27F3N2. The second-order valence-electron chi connectivity index (χ2n) is 7.75. The number of hydrogen-bond donors (Lipinski definition) is 0. The molecule has 2 aromatic carbocycles. The van der Waals surface area contributed by atoms with Gasteiger partial charge in [0.2, 0.25) is 0 Å². The van der Waals surface area contributed by atoms with Gasteiger partial charge in [-0.05, 0) is 49.3 Å². The average Bonchev–Trinajstić information content (AvgIpc) is 2.74. The summed E-state index contributed by atoms with van der Waals surface area (Å²) in [6, 6.07) is 11.7. The lowest BCUT2D eigenvalue weighted by molar-refractivity contribution is 0.301. The van der Waals surface area contributed by atoms with Crippen molar-refractivity contribution in [2.75, 3.05) is 0 Å². The summed E-state index contributed by atoms with van der Waals surface area (Å²) in [5, 5.41) is 8.51. The van der Waals surface area contributed by atoms with Gasteiger partial charge >= 0.3 is 0 Å². The molecular weight excluding hydrogens is 373 g/mol. The molecule has 5 heteroatoms. The summed E-state index contributed by atoms with van der Waals surface area (Å²) in [5.41, 5.74) is 2.05. The third-order valence-corrected chi connectivity index (χ3v) is 5.65. The molecule has 1 aliphatic rings. The minimum Gasteiger partial charge on any atom is -0.204 e. The molecule has 0 saturated heterocycles. The molecule has 0 aromatic heterocycles. The monoisotopic (exact) mass is 400 g/mol. The predicted octanol–water partition coefficient (Wildman–Crippen LogP) is 6.92. The highest BCUT2D eigenvalue weighted by atomic mass is 19.2. The van der Waals surface area contributed by atoms with Crippen LogP contribution in [0, 0.1) is 29.3 Å². The molecule has 0 heterocycles. The number of rotatable bonds is 7. The van der Waals surface area contributed by atoms with Gasteiger partial charge < -0.3 is 0 Å². The van der Waals surface area contributed by atoms with Gasteiger partial charge in [0, 0.05) is 11.5 Å². The zero-order valence-corrected chi connectivity index (χ0v) is 16.8. The summed E-state index contributed by atoms with van der Waals surface area (Å²) in [7, 11) is 0. The van der Waals surface area contributed by atoms with Crippen molar-refractivity contribution in [1.82, 2.24) is 0 Å². The number of nitrogens with zero attached hydrogens (tertiary/aromatic N) is 2. The highest BCUT2D eigenvalue weighted by Crippen LogP contribution is 2.34. The second kappa shape index (κ2) is 10.4. The molecule has 0 spiro atoms. The van der Waals surface area contributed by atoms with Gasteiger partial charge in [0.1, 0.15) is 0 Å². The molecule has 2 nitrogen and oxygen atoms in total. The van der Waals surface area contributed by atoms with E-state index in [1.165, 1.54) is 38.3 Å². The van der Waals surface area contributed by atoms with Crippen molar-refractivity contribution in [3.63, 3.8) is 0 Å². The van der Waals surface area contributed by atoms with E-state index in [1.54, 1.807) is 0 Å². The number of unbranched alkanes of at least 4 members (excludes halogenated alkanes) is 1. The van der Waals surface area contributed by atoms with Gasteiger partial charge in [-0.25, -0.2) is 13.2 Å². The van der Waals surface area contributed by atoms with Crippen LogP contribution >= 0.6 is 0 Å². The Kier molecular flexibility index (Phi) is 7.62. The Morgan fingerprint density at radius 2 is 1.66 bits per heavy atom. The van der Waals surface area contributed by atoms with Gasteiger partial charge in [-0.3, -0.25) is 0 Å². The van der Waals surface area contributed by atoms with Crippen molar-refractivity contribution < 1.29 is 13.2 Å². The summed E-state index contributed by atoms with van der Waals surface area (Å²) in [5.74, 6) is -2.84. The fourth-order valence-corrected chi connectivity index (χ4v) is 4.01. The maximum atomic E-state index is 13.4. The molecule has 2 aromatic rings. The van der Waals surface area contributed by atoms with Crippen molar-refractivity contribution in [1.29, 1.82) is 0 Å². The third-order valence-electron chi connectivity index (χ3n) is 5.65. The maximum absolute atomic E-state index is 13.4. The van der Waals surface area contributed by atoms with Crippen LogP contribution < -0.4 is 0 Å². The van der Waals surface area contributed by atoms with Crippen LogP contribution in [-0.4, -0.2) is 11.9 Å². The average molecular weight is 400 g/mol. The van der Waals surface area contributed by atoms with E-state index >= 15 is 0 Å². The normalized spacial score (nSPS) is 20.3. The summed E-state index contributed by atoms with van der Waals surface area (Å²) in [4.78, 5) is 0. The van der Waals surface area contributed by atoms with Gasteiger partial charge in [-0.2, -0.15) is 10.2 Å². The topological polar surface area (TPSA) is 24.7 Å². The maximum Gasteiger partial charge on any atom is 0.194 e. The van der Waals surface area contributed by atoms with Gasteiger partial charge in [-0.15, -0.1) is 0 Å². The quantitative estimate of drug-likeness (QED) is 0.274. The molecule has 3 rings (SSSR count). The second-order valence-corrected chi connectivity index (χ2v) is 7.75. The number of halogens is 3. The van der Waals surface area contributed by atoms with Crippen LogP contribution in [-0.2, 0) is 0 Å². The molecule has 0 N–H and O–H groups in total. The third kappa shape index (κ3) is 5.78. The van der Waals surface area contributed by atoms with E-state index in [9.17, 15) is 13.2 Å². The molecule has 154 valence electrons. The SMILES string of the molecule is CCCCC1CCC(C(=NN=Cc2cc(F)c(F)c(F)c2)c2ccccc2)CC1. The van der Waals surface area contributed by atoms with Gasteiger partial charge in [0.15, 0.2) is 17.5 Å². The Morgan fingerprint density at radius 3 is 2.28 bits per heavy atom. The van der Waals surface area contributed by atoms with Crippen molar-refractivity contribution in [2.45, 2.75) is 51.9 Å². The summed E-state index contributed by atoms with van der Waals surface area (Å²) >= 11 is 0. The van der Waals surface area contributed by atoms with Crippen LogP contribution in [0.3, 0.4) is 0 Å². The molecule has 0 radical (unpaired) electrons. The van der Waals surface area contributed by atoms with Crippen LogP contribution in [0.25, 0.3) is 0 Å². The fourth-order valence-electron chi connectivity index (χ4n) is 4.01. The summed E-state index contributed by atoms with van der Waals surface area (Å²) in [6.45, 7) is 2.22. The minimum absolute atomic E-state index is 0.140. The van der Waals surface area contributed by atoms with Crippen molar-refractivity contribution in [3.05, 3.63) is 71.0 Å². The molecule has 0 unspecified atom stereocenters. The highest BCUT2D eigenvalue weighted by Gasteiger charge is 2.25. The highest BCUT2D eigenvalue weighted by molar-refractivity contribution is 6.02. The van der Waals surface area contributed by atoms with E-state index in [1.807, 2.05) is 30.3 Å². The van der Waals surface area contributed by atoms with Crippen LogP contribution in [0.1, 0.15) is 63.0 Å². The van der Waals surface area contributed by atoms with E-state index in [2.05, 4.69) is 17.1 Å². The van der Waals surface area contributed by atoms with E-state index in [-0.39, 0.29) is 5.56 Å². The first-order valence-corrected chi connectivity index (χ1v) is 10.4. The van der Waals surface area contributed by atoms with Crippen molar-refractivity contribution in [2.24, 2.45) is 22.0 Å². The van der Waals surface area contributed by atoms with Gasteiger partial charge in [0.05, 0.1) is 11.9 Å². The van der Waals surface area contributed by atoms with Crippen LogP contribution in [0.2, 0.25) is 0 Å². The van der Waals surface area contributed by atoms with E-state index in [4.69, 9.17) is 0 Å². The first-order valence-electron chi connectivity index (χ1n) is 10.4. The number of hydrogen-bond acceptors (Lipinski definition) is 2. The molecule has 0 bridgehead atoms. The zero-order chi connectivity index (χ0) is 20.6. The molecule has 29 heavy (non-hydrogen) atoms. The van der Waals surface area contributed by atoms with Crippen LogP contribution in [0.4, 0.5) is 13.2 Å². The lowest BCUT2D eigenvalue weighted by Gasteiger charge is -2.29. The zero-order valence-electron chi connectivity index (χ0n) is 16.8. The smallest absolute Gasteiger partial charge is 0.194 e. The summed E-state index contributed by atoms with van der Waals surface area (Å²) < 4.78 is 39.9. The lowest BCUT2D eigenvalue weighted by atomic mass is 9.76. The Bertz CT molecular complexity index is 831. The Hall–Kier alpha value is -2.43. The largest absolute Gasteiger partial charge is 0.204 e. The molecule has 0 aliphatic heterocycles. The van der Waals surface area contributed by atoms with Crippen molar-refractivity contribution >= 4 is 11.9 Å². The van der Waals surface area contributed by atoms with E-state index < -0.39 is 17.5 Å². The molecule has 1 saturated carbocycles. The fraction of sp³-hybridized carbons (Fsp3) is 0.417. The Morgan fingerprint density at radius 1 is 1.00 bits per heavy atom. The standard InChI is InChI=1S/C24H27F3N2/c1-2-3-7-17-10-12-20(13-11-17)24(19-8-5-4-6-9-19)29-28-16-18-14-21(25)23(27)22(26)15-18/h4-6,8-9,14-17,20H,2-3,7,10-13H2,1H3. The minimum atomic E-state index is -1.48. The Balaban J connectivity index is 1.78. The first kappa shape index (κ1) is 21.3. The van der Waals surface area contributed by atoms with Crippen LogP contribution in [0.15, 0.2) is 52.7 Å². The molecule has 1 aliphatic carbocycles. The Labute approximate surface area is 170 Å². The summed E-state index contributed by atoms with van der Waals surface area (Å²) in [6.07, 6.45) is 9.58. The van der Waals surface area contributed by atoms with E-state index in [0.717, 1.165) is 42.2 Å². The predicted molar refractivity (Wildman–Crippen MR) is 112 cm³/mol. The van der Waals surface area contributed by atoms with Gasteiger partial charge in [-0.1, -0.05) is 56.5 Å². The molecule has 0 amide bonds. The molecule has 1 fully saturated rings. The van der Waals surface area contributed by atoms with Gasteiger partial charge in [0.25, 0.3) is 0 Å². The lowest BCUT2D eigenvalue weighted by Crippen LogP contribution is -2.22. The van der Waals surface area contributed by atoms with Crippen LogP contribution in [0.5, 0.6) is 0 Å². The van der Waals surface area contributed by atoms with Crippen molar-refractivity contribution in [3.8, 4) is 0 Å². The first-order chi connectivity index (χ1) is 14.1. The molecule has 0 atom stereocenters. The number of benzene rings is 2.